The first kappa shape index (κ1) is 18.3. The molecule has 1 rings (SSSR count). The Kier molecular flexibility index (Phi) is 9.51. The van der Waals surface area contributed by atoms with Crippen LogP contribution in [-0.2, 0) is 6.54 Å². The first-order chi connectivity index (χ1) is 10.2. The van der Waals surface area contributed by atoms with Crippen LogP contribution < -0.4 is 14.8 Å². The first-order valence-corrected chi connectivity index (χ1v) is 8.72. The van der Waals surface area contributed by atoms with Gasteiger partial charge in [0, 0.05) is 11.0 Å². The van der Waals surface area contributed by atoms with Gasteiger partial charge in [-0.25, -0.2) is 0 Å². The van der Waals surface area contributed by atoms with Crippen molar-refractivity contribution in [1.29, 1.82) is 0 Å². The molecule has 1 N–H and O–H groups in total. The summed E-state index contributed by atoms with van der Waals surface area (Å²) in [7, 11) is 1.68. The maximum Gasteiger partial charge on any atom is 0.162 e. The van der Waals surface area contributed by atoms with Crippen molar-refractivity contribution in [2.75, 3.05) is 20.3 Å². The number of hydrogen-bond acceptors (Lipinski definition) is 3. The second-order valence-electron chi connectivity index (χ2n) is 5.12. The lowest BCUT2D eigenvalue weighted by atomic mass is 10.1. The van der Waals surface area contributed by atoms with Crippen molar-refractivity contribution in [3.05, 3.63) is 22.2 Å². The molecule has 0 aromatic heterocycles. The Labute approximate surface area is 137 Å². The Morgan fingerprint density at radius 3 is 2.48 bits per heavy atom. The normalized spacial score (nSPS) is 10.7. The molecule has 0 fully saturated rings. The molecule has 0 spiro atoms. The van der Waals surface area contributed by atoms with Crippen LogP contribution in [0.25, 0.3) is 0 Å². The van der Waals surface area contributed by atoms with E-state index in [0.717, 1.165) is 29.1 Å². The van der Waals surface area contributed by atoms with Crippen LogP contribution in [0.5, 0.6) is 11.5 Å². The monoisotopic (exact) mass is 357 g/mol. The zero-order valence-corrected chi connectivity index (χ0v) is 15.1. The summed E-state index contributed by atoms with van der Waals surface area (Å²) in [5, 5.41) is 3.50. The van der Waals surface area contributed by atoms with Gasteiger partial charge in [-0.2, -0.15) is 0 Å². The standard InChI is InChI=1S/C17H28BrNO2/c1-4-6-7-8-9-10-19-13-14-11-16(20-3)17(21-5-2)12-15(14)18/h11-12,19H,4-10,13H2,1-3H3. The molecule has 4 heteroatoms. The van der Waals surface area contributed by atoms with Crippen LogP contribution >= 0.6 is 15.9 Å². The zero-order valence-electron chi connectivity index (χ0n) is 13.5. The Hall–Kier alpha value is -0.740. The van der Waals surface area contributed by atoms with Crippen molar-refractivity contribution in [2.24, 2.45) is 0 Å². The van der Waals surface area contributed by atoms with Gasteiger partial charge in [-0.05, 0) is 37.6 Å². The van der Waals surface area contributed by atoms with Gasteiger partial charge in [0.2, 0.25) is 0 Å². The first-order valence-electron chi connectivity index (χ1n) is 7.92. The average Bonchev–Trinajstić information content (AvgIpc) is 2.48. The third-order valence-electron chi connectivity index (χ3n) is 3.41. The molecule has 0 amide bonds. The van der Waals surface area contributed by atoms with E-state index in [-0.39, 0.29) is 0 Å². The van der Waals surface area contributed by atoms with Crippen molar-refractivity contribution in [2.45, 2.75) is 52.5 Å². The summed E-state index contributed by atoms with van der Waals surface area (Å²) in [4.78, 5) is 0. The van der Waals surface area contributed by atoms with E-state index in [1.54, 1.807) is 7.11 Å². The van der Waals surface area contributed by atoms with Crippen molar-refractivity contribution in [3.8, 4) is 11.5 Å². The smallest absolute Gasteiger partial charge is 0.162 e. The van der Waals surface area contributed by atoms with Crippen molar-refractivity contribution < 1.29 is 9.47 Å². The molecule has 0 aliphatic rings. The van der Waals surface area contributed by atoms with E-state index in [0.29, 0.717) is 6.61 Å². The van der Waals surface area contributed by atoms with Crippen LogP contribution in [0.4, 0.5) is 0 Å². The SMILES string of the molecule is CCCCCCCNCc1cc(OC)c(OCC)cc1Br. The van der Waals surface area contributed by atoms with Crippen molar-refractivity contribution in [1.82, 2.24) is 5.32 Å². The van der Waals surface area contributed by atoms with E-state index >= 15 is 0 Å². The molecular weight excluding hydrogens is 330 g/mol. The molecule has 1 aromatic carbocycles. The molecule has 0 saturated heterocycles. The fourth-order valence-corrected chi connectivity index (χ4v) is 2.68. The second kappa shape index (κ2) is 10.9. The highest BCUT2D eigenvalue weighted by Crippen LogP contribution is 2.33. The quantitative estimate of drug-likeness (QED) is 0.570. The van der Waals surface area contributed by atoms with E-state index in [4.69, 9.17) is 9.47 Å². The molecule has 1 aromatic rings. The molecule has 0 aliphatic carbocycles. The van der Waals surface area contributed by atoms with Gasteiger partial charge < -0.3 is 14.8 Å². The largest absolute Gasteiger partial charge is 0.493 e. The minimum atomic E-state index is 0.637. The van der Waals surface area contributed by atoms with Gasteiger partial charge in [-0.3, -0.25) is 0 Å². The molecule has 0 unspecified atom stereocenters. The van der Waals surface area contributed by atoms with Gasteiger partial charge in [0.05, 0.1) is 13.7 Å². The highest BCUT2D eigenvalue weighted by molar-refractivity contribution is 9.10. The van der Waals surface area contributed by atoms with Crippen LogP contribution in [0.2, 0.25) is 0 Å². The number of nitrogens with one attached hydrogen (secondary N) is 1. The average molecular weight is 358 g/mol. The van der Waals surface area contributed by atoms with Gasteiger partial charge in [0.1, 0.15) is 0 Å². The summed E-state index contributed by atoms with van der Waals surface area (Å²) in [6.45, 7) is 6.76. The number of rotatable bonds is 11. The Bertz CT molecular complexity index is 410. The van der Waals surface area contributed by atoms with E-state index in [2.05, 4.69) is 28.2 Å². The van der Waals surface area contributed by atoms with Gasteiger partial charge in [0.25, 0.3) is 0 Å². The molecule has 0 bridgehead atoms. The van der Waals surface area contributed by atoms with Crippen LogP contribution in [-0.4, -0.2) is 20.3 Å². The minimum Gasteiger partial charge on any atom is -0.493 e. The van der Waals surface area contributed by atoms with Crippen LogP contribution in [0, 0.1) is 0 Å². The summed E-state index contributed by atoms with van der Waals surface area (Å²) in [5.41, 5.74) is 1.20. The van der Waals surface area contributed by atoms with Gasteiger partial charge in [-0.15, -0.1) is 0 Å². The van der Waals surface area contributed by atoms with Gasteiger partial charge in [-0.1, -0.05) is 48.5 Å². The summed E-state index contributed by atoms with van der Waals surface area (Å²) < 4.78 is 12.0. The number of hydrogen-bond donors (Lipinski definition) is 1. The molecule has 21 heavy (non-hydrogen) atoms. The van der Waals surface area contributed by atoms with Crippen LogP contribution in [0.15, 0.2) is 16.6 Å². The molecule has 0 saturated carbocycles. The van der Waals surface area contributed by atoms with Gasteiger partial charge in [0.15, 0.2) is 11.5 Å². The fourth-order valence-electron chi connectivity index (χ4n) is 2.22. The minimum absolute atomic E-state index is 0.637. The molecule has 3 nitrogen and oxygen atoms in total. The number of ether oxygens (including phenoxy) is 2. The number of halogens is 1. The fraction of sp³-hybridized carbons (Fsp3) is 0.647. The molecule has 0 radical (unpaired) electrons. The summed E-state index contributed by atoms with van der Waals surface area (Å²) in [5.74, 6) is 1.58. The number of benzene rings is 1. The third kappa shape index (κ3) is 6.70. The van der Waals surface area contributed by atoms with Crippen LogP contribution in [0.1, 0.15) is 51.5 Å². The zero-order chi connectivity index (χ0) is 15.5. The van der Waals surface area contributed by atoms with Gasteiger partial charge >= 0.3 is 0 Å². The highest BCUT2D eigenvalue weighted by Gasteiger charge is 2.09. The number of methoxy groups -OCH3 is 1. The number of unbranched alkanes of at least 4 members (excludes halogenated alkanes) is 4. The molecule has 0 aliphatic heterocycles. The topological polar surface area (TPSA) is 30.5 Å². The van der Waals surface area contributed by atoms with E-state index < -0.39 is 0 Å². The Morgan fingerprint density at radius 2 is 1.81 bits per heavy atom. The molecular formula is C17H28BrNO2. The third-order valence-corrected chi connectivity index (χ3v) is 4.14. The van der Waals surface area contributed by atoms with Crippen molar-refractivity contribution in [3.63, 3.8) is 0 Å². The summed E-state index contributed by atoms with van der Waals surface area (Å²) >= 11 is 3.61. The molecule has 0 atom stereocenters. The molecule has 0 heterocycles. The lowest BCUT2D eigenvalue weighted by Gasteiger charge is -2.13. The Morgan fingerprint density at radius 1 is 1.05 bits per heavy atom. The van der Waals surface area contributed by atoms with Crippen LogP contribution in [0.3, 0.4) is 0 Å². The summed E-state index contributed by atoms with van der Waals surface area (Å²) in [6.07, 6.45) is 6.55. The highest BCUT2D eigenvalue weighted by atomic mass is 79.9. The predicted octanol–water partition coefficient (Wildman–Crippen LogP) is 4.92. The Balaban J connectivity index is 2.44. The predicted molar refractivity (Wildman–Crippen MR) is 92.3 cm³/mol. The second-order valence-corrected chi connectivity index (χ2v) is 5.97. The van der Waals surface area contributed by atoms with E-state index in [1.165, 1.54) is 37.7 Å². The van der Waals surface area contributed by atoms with E-state index in [1.807, 2.05) is 19.1 Å². The maximum atomic E-state index is 5.57. The summed E-state index contributed by atoms with van der Waals surface area (Å²) in [6, 6.07) is 4.03. The maximum absolute atomic E-state index is 5.57. The van der Waals surface area contributed by atoms with Crippen molar-refractivity contribution >= 4 is 15.9 Å². The lowest BCUT2D eigenvalue weighted by molar-refractivity contribution is 0.310. The molecule has 120 valence electrons. The lowest BCUT2D eigenvalue weighted by Crippen LogP contribution is -2.15. The van der Waals surface area contributed by atoms with E-state index in [9.17, 15) is 0 Å².